The largest absolute Gasteiger partial charge is 0.493 e. The lowest BCUT2D eigenvalue weighted by Crippen LogP contribution is -2.20. The van der Waals surface area contributed by atoms with Crippen molar-refractivity contribution in [3.05, 3.63) is 83.4 Å². The third-order valence-electron chi connectivity index (χ3n) is 5.04. The number of ether oxygens (including phenoxy) is 2. The average molecular weight is 468 g/mol. The molecular formula is C25H19F3N2O4. The second-order valence-corrected chi connectivity index (χ2v) is 7.38. The predicted molar refractivity (Wildman–Crippen MR) is 122 cm³/mol. The molecule has 2 N–H and O–H groups in total. The van der Waals surface area contributed by atoms with Crippen LogP contribution in [0.5, 0.6) is 11.5 Å². The van der Waals surface area contributed by atoms with E-state index in [0.29, 0.717) is 16.9 Å². The Bertz CT molecular complexity index is 1290. The molecule has 0 fully saturated rings. The normalized spacial score (nSPS) is 13.9. The van der Waals surface area contributed by atoms with Gasteiger partial charge in [-0.15, -0.1) is 0 Å². The Morgan fingerprint density at radius 2 is 1.82 bits per heavy atom. The lowest BCUT2D eigenvalue weighted by molar-refractivity contribution is -0.137. The van der Waals surface area contributed by atoms with Crippen LogP contribution in [-0.2, 0) is 15.8 Å². The molecule has 0 aliphatic carbocycles. The van der Waals surface area contributed by atoms with E-state index in [0.717, 1.165) is 23.4 Å². The van der Waals surface area contributed by atoms with Gasteiger partial charge in [-0.2, -0.15) is 13.2 Å². The van der Waals surface area contributed by atoms with Crippen molar-refractivity contribution in [2.75, 3.05) is 24.4 Å². The number of carbonyl (C=O) groups excluding carboxylic acids is 2. The zero-order chi connectivity index (χ0) is 24.3. The molecule has 2 amide bonds. The molecule has 6 nitrogen and oxygen atoms in total. The first kappa shape index (κ1) is 22.9. The van der Waals surface area contributed by atoms with Crippen LogP contribution in [0, 0.1) is 0 Å². The smallest absolute Gasteiger partial charge is 0.416 e. The van der Waals surface area contributed by atoms with Crippen molar-refractivity contribution in [2.45, 2.75) is 6.18 Å². The van der Waals surface area contributed by atoms with E-state index in [-0.39, 0.29) is 17.3 Å². The summed E-state index contributed by atoms with van der Waals surface area (Å²) < 4.78 is 49.3. The molecule has 0 unspecified atom stereocenters. The summed E-state index contributed by atoms with van der Waals surface area (Å²) in [4.78, 5) is 24.5. The molecule has 0 aromatic heterocycles. The van der Waals surface area contributed by atoms with Gasteiger partial charge in [0.25, 0.3) is 11.8 Å². The first-order valence-electron chi connectivity index (χ1n) is 10.1. The number of methoxy groups -OCH3 is 1. The van der Waals surface area contributed by atoms with Crippen LogP contribution in [0.15, 0.2) is 66.7 Å². The van der Waals surface area contributed by atoms with Gasteiger partial charge in [-0.25, -0.2) is 0 Å². The highest BCUT2D eigenvalue weighted by Gasteiger charge is 2.30. The molecule has 0 saturated heterocycles. The summed E-state index contributed by atoms with van der Waals surface area (Å²) in [6.45, 7) is -0.442. The fourth-order valence-corrected chi connectivity index (χ4v) is 3.46. The van der Waals surface area contributed by atoms with Gasteiger partial charge in [0.05, 0.1) is 12.7 Å². The molecule has 1 heterocycles. The molecule has 1 aliphatic rings. The van der Waals surface area contributed by atoms with Crippen molar-refractivity contribution < 1.29 is 32.2 Å². The number of hydrogen-bond acceptors (Lipinski definition) is 4. The van der Waals surface area contributed by atoms with Crippen molar-refractivity contribution in [2.24, 2.45) is 0 Å². The summed E-state index contributed by atoms with van der Waals surface area (Å²) in [5.41, 5.74) is 1.85. The maximum absolute atomic E-state index is 12.8. The van der Waals surface area contributed by atoms with Crippen molar-refractivity contribution in [3.8, 4) is 11.5 Å². The van der Waals surface area contributed by atoms with Gasteiger partial charge in [0.2, 0.25) is 0 Å². The number of para-hydroxylation sites is 1. The maximum atomic E-state index is 12.8. The minimum Gasteiger partial charge on any atom is -0.493 e. The molecule has 0 atom stereocenters. The number of halogens is 3. The van der Waals surface area contributed by atoms with Crippen LogP contribution in [0.3, 0.4) is 0 Å². The third kappa shape index (κ3) is 5.03. The summed E-state index contributed by atoms with van der Waals surface area (Å²) >= 11 is 0. The number of carbonyl (C=O) groups is 2. The standard InChI is InChI=1S/C25H19F3N2O4/c1-33-22-12-15(11-19-18-7-2-3-8-20(18)30-24(19)32)9-10-21(22)34-14-23(31)29-17-6-4-5-16(13-17)25(26,27)28/h2-13H,14H2,1H3,(H,29,31)(H,30,32)/b19-11+. The number of hydrogen-bond donors (Lipinski definition) is 2. The Morgan fingerprint density at radius 1 is 1.03 bits per heavy atom. The Hall–Kier alpha value is -4.27. The molecule has 0 spiro atoms. The van der Waals surface area contributed by atoms with E-state index in [1.807, 2.05) is 24.3 Å². The number of alkyl halides is 3. The third-order valence-corrected chi connectivity index (χ3v) is 5.04. The highest BCUT2D eigenvalue weighted by atomic mass is 19.4. The summed E-state index contributed by atoms with van der Waals surface area (Å²) in [6, 6.07) is 16.6. The number of nitrogens with one attached hydrogen (secondary N) is 2. The molecule has 0 radical (unpaired) electrons. The Kier molecular flexibility index (Phi) is 6.27. The van der Waals surface area contributed by atoms with Gasteiger partial charge < -0.3 is 20.1 Å². The van der Waals surface area contributed by atoms with Crippen LogP contribution in [0.1, 0.15) is 16.7 Å². The average Bonchev–Trinajstić information content (AvgIpc) is 3.12. The van der Waals surface area contributed by atoms with Crippen molar-refractivity contribution in [3.63, 3.8) is 0 Å². The Labute approximate surface area is 193 Å². The van der Waals surface area contributed by atoms with Crippen LogP contribution in [0.4, 0.5) is 24.5 Å². The van der Waals surface area contributed by atoms with Gasteiger partial charge in [0, 0.05) is 22.5 Å². The van der Waals surface area contributed by atoms with Gasteiger partial charge in [-0.3, -0.25) is 9.59 Å². The second-order valence-electron chi connectivity index (χ2n) is 7.38. The second kappa shape index (κ2) is 9.30. The number of fused-ring (bicyclic) bond motifs is 1. The molecule has 9 heteroatoms. The Morgan fingerprint density at radius 3 is 2.59 bits per heavy atom. The number of rotatable bonds is 6. The van der Waals surface area contributed by atoms with E-state index in [9.17, 15) is 22.8 Å². The van der Waals surface area contributed by atoms with E-state index in [1.165, 1.54) is 19.2 Å². The minimum absolute atomic E-state index is 0.00693. The van der Waals surface area contributed by atoms with Gasteiger partial charge in [0.15, 0.2) is 18.1 Å². The molecule has 3 aromatic rings. The van der Waals surface area contributed by atoms with E-state index in [1.54, 1.807) is 24.3 Å². The van der Waals surface area contributed by atoms with Gasteiger partial charge in [-0.05, 0) is 48.0 Å². The molecule has 4 rings (SSSR count). The molecule has 0 bridgehead atoms. The number of amides is 2. The van der Waals surface area contributed by atoms with E-state index >= 15 is 0 Å². The van der Waals surface area contributed by atoms with Crippen LogP contribution in [0.25, 0.3) is 11.6 Å². The van der Waals surface area contributed by atoms with Gasteiger partial charge in [0.1, 0.15) is 0 Å². The summed E-state index contributed by atoms with van der Waals surface area (Å²) in [5.74, 6) is -0.258. The zero-order valence-electron chi connectivity index (χ0n) is 17.9. The van der Waals surface area contributed by atoms with Crippen LogP contribution >= 0.6 is 0 Å². The maximum Gasteiger partial charge on any atom is 0.416 e. The monoisotopic (exact) mass is 468 g/mol. The Balaban J connectivity index is 1.45. The zero-order valence-corrected chi connectivity index (χ0v) is 17.9. The van der Waals surface area contributed by atoms with Gasteiger partial charge >= 0.3 is 6.18 Å². The van der Waals surface area contributed by atoms with Crippen LogP contribution < -0.4 is 20.1 Å². The van der Waals surface area contributed by atoms with E-state index in [4.69, 9.17) is 9.47 Å². The van der Waals surface area contributed by atoms with Crippen molar-refractivity contribution in [1.29, 1.82) is 0 Å². The fourth-order valence-electron chi connectivity index (χ4n) is 3.46. The number of anilines is 2. The molecule has 34 heavy (non-hydrogen) atoms. The summed E-state index contributed by atoms with van der Waals surface area (Å²) in [6.07, 6.45) is -2.79. The SMILES string of the molecule is COc1cc(/C=C2/C(=O)Nc3ccccc32)ccc1OCC(=O)Nc1cccc(C(F)(F)F)c1. The molecule has 174 valence electrons. The predicted octanol–water partition coefficient (Wildman–Crippen LogP) is 5.22. The molecule has 1 aliphatic heterocycles. The molecular weight excluding hydrogens is 449 g/mol. The lowest BCUT2D eigenvalue weighted by Gasteiger charge is -2.12. The fraction of sp³-hybridized carbons (Fsp3) is 0.120. The quantitative estimate of drug-likeness (QED) is 0.486. The summed E-state index contributed by atoms with van der Waals surface area (Å²) in [7, 11) is 1.43. The van der Waals surface area contributed by atoms with Crippen molar-refractivity contribution >= 4 is 34.8 Å². The highest BCUT2D eigenvalue weighted by Crippen LogP contribution is 2.35. The lowest BCUT2D eigenvalue weighted by atomic mass is 10.0. The molecule has 0 saturated carbocycles. The van der Waals surface area contributed by atoms with Crippen molar-refractivity contribution in [1.82, 2.24) is 0 Å². The first-order valence-corrected chi connectivity index (χ1v) is 10.1. The van der Waals surface area contributed by atoms with E-state index in [2.05, 4.69) is 10.6 Å². The highest BCUT2D eigenvalue weighted by molar-refractivity contribution is 6.34. The minimum atomic E-state index is -4.51. The first-order chi connectivity index (χ1) is 16.2. The molecule has 3 aromatic carbocycles. The van der Waals surface area contributed by atoms with Crippen LogP contribution in [0.2, 0.25) is 0 Å². The topological polar surface area (TPSA) is 76.7 Å². The summed E-state index contributed by atoms with van der Waals surface area (Å²) in [5, 5.41) is 5.18. The number of benzene rings is 3. The van der Waals surface area contributed by atoms with Gasteiger partial charge in [-0.1, -0.05) is 30.3 Å². The van der Waals surface area contributed by atoms with E-state index < -0.39 is 24.3 Å². The van der Waals surface area contributed by atoms with Crippen LogP contribution in [-0.4, -0.2) is 25.5 Å².